The largest absolute Gasteiger partial charge is 0.504 e. The number of aryl methyl sites for hydroxylation is 2. The fraction of sp³-hybridized carbons (Fsp3) is 0.208. The molecule has 0 aliphatic heterocycles. The number of imidazole rings is 1. The Labute approximate surface area is 175 Å². The molecule has 0 unspecified atom stereocenters. The highest BCUT2D eigenvalue weighted by atomic mass is 19.1. The van der Waals surface area contributed by atoms with Gasteiger partial charge in [0.1, 0.15) is 11.6 Å². The highest BCUT2D eigenvalue weighted by Crippen LogP contribution is 2.31. The molecular formula is C24H24FN3O2. The smallest absolute Gasteiger partial charge is 0.237 e. The van der Waals surface area contributed by atoms with Gasteiger partial charge in [0.05, 0.1) is 6.21 Å². The lowest BCUT2D eigenvalue weighted by Gasteiger charge is -2.21. The van der Waals surface area contributed by atoms with Crippen LogP contribution in [0.15, 0.2) is 71.7 Å². The molecule has 0 fully saturated rings. The molecule has 0 aliphatic carbocycles. The van der Waals surface area contributed by atoms with Crippen LogP contribution in [-0.4, -0.2) is 33.7 Å². The number of Topliss-reactive ketones (excluding diaryl/α,β-unsaturated/α-hetero) is 1. The Morgan fingerprint density at radius 2 is 1.97 bits per heavy atom. The van der Waals surface area contributed by atoms with Crippen LogP contribution in [0.4, 0.5) is 4.39 Å². The first-order valence-electron chi connectivity index (χ1n) is 9.69. The third-order valence-corrected chi connectivity index (χ3v) is 5.01. The lowest BCUT2D eigenvalue weighted by Crippen LogP contribution is -2.10. The summed E-state index contributed by atoms with van der Waals surface area (Å²) in [4.78, 5) is 19.6. The second kappa shape index (κ2) is 9.78. The number of aliphatic imine (C=N–C) groups is 1. The van der Waals surface area contributed by atoms with E-state index in [0.717, 1.165) is 18.2 Å². The van der Waals surface area contributed by atoms with Crippen molar-refractivity contribution in [3.8, 4) is 0 Å². The number of benzene rings is 2. The van der Waals surface area contributed by atoms with Crippen molar-refractivity contribution >= 4 is 18.1 Å². The molecule has 0 saturated heterocycles. The number of carbonyl (C=O) groups excluding carboxylic acids is 1. The maximum atomic E-state index is 13.5. The summed E-state index contributed by atoms with van der Waals surface area (Å²) in [5, 5.41) is 9.97. The van der Waals surface area contributed by atoms with E-state index in [0.29, 0.717) is 12.4 Å². The molecule has 0 bridgehead atoms. The SMILES string of the molecule is CN=CC(=O)/C(O)=C/c1nccn1CC[C@@H](c1ccc(F)cc1)c1ccccc1C. The molecule has 1 heterocycles. The first-order valence-corrected chi connectivity index (χ1v) is 9.69. The monoisotopic (exact) mass is 405 g/mol. The van der Waals surface area contributed by atoms with Crippen molar-refractivity contribution in [2.45, 2.75) is 25.8 Å². The molecule has 6 heteroatoms. The fourth-order valence-corrected chi connectivity index (χ4v) is 3.47. The van der Waals surface area contributed by atoms with Gasteiger partial charge < -0.3 is 9.67 Å². The van der Waals surface area contributed by atoms with Crippen LogP contribution in [0.25, 0.3) is 6.08 Å². The number of allylic oxidation sites excluding steroid dienone is 1. The first kappa shape index (κ1) is 21.2. The van der Waals surface area contributed by atoms with Gasteiger partial charge in [0.2, 0.25) is 5.78 Å². The van der Waals surface area contributed by atoms with E-state index in [9.17, 15) is 14.3 Å². The van der Waals surface area contributed by atoms with Crippen molar-refractivity contribution in [3.63, 3.8) is 0 Å². The summed E-state index contributed by atoms with van der Waals surface area (Å²) >= 11 is 0. The lowest BCUT2D eigenvalue weighted by molar-refractivity contribution is -0.111. The van der Waals surface area contributed by atoms with Crippen molar-refractivity contribution < 1.29 is 14.3 Å². The lowest BCUT2D eigenvalue weighted by atomic mass is 9.86. The zero-order valence-corrected chi connectivity index (χ0v) is 17.0. The number of aliphatic hydroxyl groups is 1. The van der Waals surface area contributed by atoms with Gasteiger partial charge in [-0.2, -0.15) is 0 Å². The van der Waals surface area contributed by atoms with E-state index in [1.165, 1.54) is 36.4 Å². The summed E-state index contributed by atoms with van der Waals surface area (Å²) in [6.07, 6.45) is 6.56. The average Bonchev–Trinajstić information content (AvgIpc) is 3.17. The normalized spacial score (nSPS) is 13.0. The van der Waals surface area contributed by atoms with Gasteiger partial charge in [-0.1, -0.05) is 36.4 Å². The Morgan fingerprint density at radius 1 is 1.23 bits per heavy atom. The Morgan fingerprint density at radius 3 is 2.67 bits per heavy atom. The van der Waals surface area contributed by atoms with Gasteiger partial charge in [-0.25, -0.2) is 9.37 Å². The number of aromatic nitrogens is 2. The number of hydrogen-bond donors (Lipinski definition) is 1. The first-order chi connectivity index (χ1) is 14.5. The molecule has 0 saturated carbocycles. The third kappa shape index (κ3) is 5.08. The van der Waals surface area contributed by atoms with E-state index in [1.54, 1.807) is 12.4 Å². The molecule has 154 valence electrons. The Balaban J connectivity index is 1.87. The molecule has 30 heavy (non-hydrogen) atoms. The molecule has 5 nitrogen and oxygen atoms in total. The summed E-state index contributed by atoms with van der Waals surface area (Å²) < 4.78 is 15.3. The number of hydrogen-bond acceptors (Lipinski definition) is 4. The van der Waals surface area contributed by atoms with E-state index in [4.69, 9.17) is 0 Å². The summed E-state index contributed by atoms with van der Waals surface area (Å²) in [6, 6.07) is 14.7. The van der Waals surface area contributed by atoms with Gasteiger partial charge in [0.15, 0.2) is 5.76 Å². The zero-order valence-electron chi connectivity index (χ0n) is 17.0. The van der Waals surface area contributed by atoms with Crippen LogP contribution in [0, 0.1) is 12.7 Å². The second-order valence-electron chi connectivity index (χ2n) is 7.01. The van der Waals surface area contributed by atoms with Crippen LogP contribution in [0.3, 0.4) is 0 Å². The van der Waals surface area contributed by atoms with Crippen LogP contribution in [-0.2, 0) is 11.3 Å². The molecule has 0 amide bonds. The topological polar surface area (TPSA) is 67.5 Å². The Bertz CT molecular complexity index is 1070. The highest BCUT2D eigenvalue weighted by molar-refractivity contribution is 6.35. The molecule has 1 N–H and O–H groups in total. The minimum absolute atomic E-state index is 0.0634. The molecule has 3 aromatic rings. The summed E-state index contributed by atoms with van der Waals surface area (Å²) in [5.41, 5.74) is 3.37. The van der Waals surface area contributed by atoms with Crippen molar-refractivity contribution in [3.05, 3.63) is 95.0 Å². The van der Waals surface area contributed by atoms with Gasteiger partial charge in [-0.3, -0.25) is 9.79 Å². The Kier molecular flexibility index (Phi) is 6.91. The molecule has 1 atom stereocenters. The van der Waals surface area contributed by atoms with E-state index in [2.05, 4.69) is 29.0 Å². The number of carbonyl (C=O) groups is 1. The van der Waals surface area contributed by atoms with Crippen molar-refractivity contribution in [2.75, 3.05) is 7.05 Å². The van der Waals surface area contributed by atoms with E-state index in [-0.39, 0.29) is 11.7 Å². The van der Waals surface area contributed by atoms with Crippen molar-refractivity contribution in [2.24, 2.45) is 4.99 Å². The van der Waals surface area contributed by atoms with Crippen LogP contribution in [0.1, 0.15) is 34.9 Å². The summed E-state index contributed by atoms with van der Waals surface area (Å²) in [7, 11) is 1.47. The minimum atomic E-state index is -0.573. The van der Waals surface area contributed by atoms with Gasteiger partial charge in [-0.05, 0) is 42.2 Å². The van der Waals surface area contributed by atoms with Gasteiger partial charge in [-0.15, -0.1) is 0 Å². The molecule has 3 rings (SSSR count). The Hall–Kier alpha value is -3.54. The number of nitrogens with zero attached hydrogens (tertiary/aromatic N) is 3. The average molecular weight is 405 g/mol. The summed E-state index contributed by atoms with van der Waals surface area (Å²) in [5.74, 6) is -0.709. The standard InChI is InChI=1S/C24H24FN3O2/c1-17-5-3-4-6-20(17)21(18-7-9-19(25)10-8-18)11-13-28-14-12-27-24(28)15-22(29)23(30)16-26-2/h3-10,12,14-16,21,29H,11,13H2,1-2H3/b22-15-,26-16?/t21-/m0/s1. The van der Waals surface area contributed by atoms with Gasteiger partial charge in [0, 0.05) is 38.0 Å². The maximum Gasteiger partial charge on any atom is 0.237 e. The quantitative estimate of drug-likeness (QED) is 0.335. The predicted molar refractivity (Wildman–Crippen MR) is 116 cm³/mol. The second-order valence-corrected chi connectivity index (χ2v) is 7.01. The van der Waals surface area contributed by atoms with Crippen molar-refractivity contribution in [1.29, 1.82) is 0 Å². The number of aliphatic hydroxyl groups excluding tert-OH is 1. The maximum absolute atomic E-state index is 13.5. The molecule has 0 radical (unpaired) electrons. The van der Waals surface area contributed by atoms with Gasteiger partial charge >= 0.3 is 0 Å². The summed E-state index contributed by atoms with van der Waals surface area (Å²) in [6.45, 7) is 2.67. The van der Waals surface area contributed by atoms with Crippen LogP contribution in [0.2, 0.25) is 0 Å². The molecular weight excluding hydrogens is 381 g/mol. The number of ketones is 1. The third-order valence-electron chi connectivity index (χ3n) is 5.01. The van der Waals surface area contributed by atoms with Crippen LogP contribution in [0.5, 0.6) is 0 Å². The van der Waals surface area contributed by atoms with E-state index in [1.807, 2.05) is 28.8 Å². The van der Waals surface area contributed by atoms with Crippen LogP contribution < -0.4 is 0 Å². The van der Waals surface area contributed by atoms with Crippen LogP contribution >= 0.6 is 0 Å². The van der Waals surface area contributed by atoms with Gasteiger partial charge in [0.25, 0.3) is 0 Å². The molecule has 1 aromatic heterocycles. The minimum Gasteiger partial charge on any atom is -0.504 e. The highest BCUT2D eigenvalue weighted by Gasteiger charge is 2.17. The zero-order chi connectivity index (χ0) is 21.5. The fourth-order valence-electron chi connectivity index (χ4n) is 3.47. The van der Waals surface area contributed by atoms with Crippen molar-refractivity contribution in [1.82, 2.24) is 9.55 Å². The molecule has 0 spiro atoms. The predicted octanol–water partition coefficient (Wildman–Crippen LogP) is 4.72. The molecule has 0 aliphatic rings. The van der Waals surface area contributed by atoms with E-state index >= 15 is 0 Å². The number of rotatable bonds is 8. The number of halogens is 1. The van der Waals surface area contributed by atoms with E-state index < -0.39 is 11.5 Å². The molecule has 2 aromatic carbocycles.